The van der Waals surface area contributed by atoms with Crippen LogP contribution in [-0.4, -0.2) is 26.7 Å². The maximum Gasteiger partial charge on any atom is 0.255 e. The summed E-state index contributed by atoms with van der Waals surface area (Å²) in [6.07, 6.45) is 0. The van der Waals surface area contributed by atoms with E-state index in [0.717, 1.165) is 0 Å². The van der Waals surface area contributed by atoms with Crippen molar-refractivity contribution in [1.29, 1.82) is 0 Å². The number of hydrogen-bond donors (Lipinski definition) is 1. The normalized spacial score (nSPS) is 9.95. The molecule has 1 amide bonds. The van der Waals surface area contributed by atoms with Crippen molar-refractivity contribution in [2.24, 2.45) is 0 Å². The Labute approximate surface area is 129 Å². The summed E-state index contributed by atoms with van der Waals surface area (Å²) < 4.78 is 15.8. The van der Waals surface area contributed by atoms with Crippen LogP contribution >= 0.6 is 0 Å². The fraction of sp³-hybridized carbons (Fsp3) is 0.235. The molecule has 0 radical (unpaired) electrons. The van der Waals surface area contributed by atoms with E-state index in [1.54, 1.807) is 37.4 Å². The zero-order valence-corrected chi connectivity index (χ0v) is 12.9. The van der Waals surface area contributed by atoms with Crippen LogP contribution in [0.3, 0.4) is 0 Å². The lowest BCUT2D eigenvalue weighted by molar-refractivity contribution is 0.102. The molecule has 2 aromatic rings. The minimum absolute atomic E-state index is 0.227. The number of methoxy groups -OCH3 is 2. The van der Waals surface area contributed by atoms with Gasteiger partial charge < -0.3 is 19.5 Å². The van der Waals surface area contributed by atoms with Crippen LogP contribution < -0.4 is 19.5 Å². The first kappa shape index (κ1) is 15.7. The zero-order valence-electron chi connectivity index (χ0n) is 12.9. The molecule has 0 spiro atoms. The molecule has 116 valence electrons. The second kappa shape index (κ2) is 7.36. The average molecular weight is 301 g/mol. The Bertz CT molecular complexity index is 655. The third-order valence-corrected chi connectivity index (χ3v) is 3.05. The third-order valence-electron chi connectivity index (χ3n) is 3.05. The van der Waals surface area contributed by atoms with E-state index in [-0.39, 0.29) is 5.91 Å². The number of nitrogens with one attached hydrogen (secondary N) is 1. The van der Waals surface area contributed by atoms with E-state index in [1.807, 2.05) is 19.1 Å². The molecule has 0 aliphatic heterocycles. The Morgan fingerprint density at radius 2 is 1.82 bits per heavy atom. The number of anilines is 1. The van der Waals surface area contributed by atoms with Crippen LogP contribution in [0.15, 0.2) is 42.5 Å². The number of amides is 1. The summed E-state index contributed by atoms with van der Waals surface area (Å²) in [4.78, 5) is 12.3. The van der Waals surface area contributed by atoms with Crippen molar-refractivity contribution in [3.05, 3.63) is 48.0 Å². The Balaban J connectivity index is 2.16. The zero-order chi connectivity index (χ0) is 15.9. The highest BCUT2D eigenvalue weighted by atomic mass is 16.5. The van der Waals surface area contributed by atoms with Crippen LogP contribution in [0.5, 0.6) is 17.2 Å². The van der Waals surface area contributed by atoms with Gasteiger partial charge in [-0.15, -0.1) is 0 Å². The monoisotopic (exact) mass is 301 g/mol. The Kier molecular flexibility index (Phi) is 5.25. The number of hydrogen-bond acceptors (Lipinski definition) is 4. The van der Waals surface area contributed by atoms with Crippen molar-refractivity contribution < 1.29 is 19.0 Å². The summed E-state index contributed by atoms with van der Waals surface area (Å²) in [6, 6.07) is 12.3. The first-order valence-corrected chi connectivity index (χ1v) is 6.94. The lowest BCUT2D eigenvalue weighted by Crippen LogP contribution is -2.12. The van der Waals surface area contributed by atoms with Gasteiger partial charge in [0.05, 0.1) is 20.8 Å². The van der Waals surface area contributed by atoms with E-state index in [4.69, 9.17) is 14.2 Å². The van der Waals surface area contributed by atoms with Crippen molar-refractivity contribution in [2.75, 3.05) is 26.1 Å². The number of carbonyl (C=O) groups is 1. The average Bonchev–Trinajstić information content (AvgIpc) is 2.54. The summed E-state index contributed by atoms with van der Waals surface area (Å²) in [5, 5.41) is 2.83. The van der Waals surface area contributed by atoms with Crippen LogP contribution in [0.4, 0.5) is 5.69 Å². The number of benzene rings is 2. The molecular weight excluding hydrogens is 282 g/mol. The van der Waals surface area contributed by atoms with Gasteiger partial charge in [-0.2, -0.15) is 0 Å². The van der Waals surface area contributed by atoms with Crippen LogP contribution in [0.1, 0.15) is 17.3 Å². The minimum atomic E-state index is -0.227. The van der Waals surface area contributed by atoms with Crippen LogP contribution in [-0.2, 0) is 0 Å². The van der Waals surface area contributed by atoms with E-state index in [9.17, 15) is 4.79 Å². The molecule has 0 fully saturated rings. The van der Waals surface area contributed by atoms with Gasteiger partial charge in [0, 0.05) is 17.3 Å². The fourth-order valence-corrected chi connectivity index (χ4v) is 2.01. The van der Waals surface area contributed by atoms with Gasteiger partial charge in [0.1, 0.15) is 5.75 Å². The van der Waals surface area contributed by atoms with Crippen LogP contribution in [0.2, 0.25) is 0 Å². The molecule has 0 saturated heterocycles. The Morgan fingerprint density at radius 3 is 2.50 bits per heavy atom. The maximum atomic E-state index is 12.3. The van der Waals surface area contributed by atoms with E-state index >= 15 is 0 Å². The van der Waals surface area contributed by atoms with Gasteiger partial charge in [-0.1, -0.05) is 6.07 Å². The molecule has 0 atom stereocenters. The topological polar surface area (TPSA) is 56.8 Å². The third kappa shape index (κ3) is 3.69. The van der Waals surface area contributed by atoms with Crippen LogP contribution in [0, 0.1) is 0 Å². The predicted octanol–water partition coefficient (Wildman–Crippen LogP) is 3.35. The molecule has 22 heavy (non-hydrogen) atoms. The molecule has 0 saturated carbocycles. The highest BCUT2D eigenvalue weighted by Gasteiger charge is 2.11. The van der Waals surface area contributed by atoms with Gasteiger partial charge in [0.2, 0.25) is 0 Å². The standard InChI is InChI=1S/C17H19NO4/c1-4-22-14-7-5-6-13(11-14)18-17(19)12-8-9-15(20-2)16(10-12)21-3/h5-11H,4H2,1-3H3,(H,18,19). The second-order valence-electron chi connectivity index (χ2n) is 4.48. The molecule has 0 aliphatic rings. The predicted molar refractivity (Wildman–Crippen MR) is 85.1 cm³/mol. The van der Waals surface area contributed by atoms with Gasteiger partial charge in [-0.3, -0.25) is 4.79 Å². The molecular formula is C17H19NO4. The number of ether oxygens (including phenoxy) is 3. The van der Waals surface area contributed by atoms with Gasteiger partial charge in [0.15, 0.2) is 11.5 Å². The molecule has 5 heteroatoms. The molecule has 5 nitrogen and oxygen atoms in total. The summed E-state index contributed by atoms with van der Waals surface area (Å²) in [5.74, 6) is 1.58. The quantitative estimate of drug-likeness (QED) is 0.889. The minimum Gasteiger partial charge on any atom is -0.494 e. The molecule has 0 aromatic heterocycles. The van der Waals surface area contributed by atoms with Crippen molar-refractivity contribution in [1.82, 2.24) is 0 Å². The van der Waals surface area contributed by atoms with E-state index < -0.39 is 0 Å². The van der Waals surface area contributed by atoms with E-state index in [2.05, 4.69) is 5.32 Å². The number of carbonyl (C=O) groups excluding carboxylic acids is 1. The second-order valence-corrected chi connectivity index (χ2v) is 4.48. The highest BCUT2D eigenvalue weighted by molar-refractivity contribution is 6.04. The molecule has 2 aromatic carbocycles. The van der Waals surface area contributed by atoms with Gasteiger partial charge in [0.25, 0.3) is 5.91 Å². The van der Waals surface area contributed by atoms with Gasteiger partial charge in [-0.25, -0.2) is 0 Å². The highest BCUT2D eigenvalue weighted by Crippen LogP contribution is 2.28. The van der Waals surface area contributed by atoms with Crippen molar-refractivity contribution >= 4 is 11.6 Å². The number of rotatable bonds is 6. The molecule has 2 rings (SSSR count). The summed E-state index contributed by atoms with van der Waals surface area (Å²) in [7, 11) is 3.09. The molecule has 0 bridgehead atoms. The lowest BCUT2D eigenvalue weighted by atomic mass is 10.2. The lowest BCUT2D eigenvalue weighted by Gasteiger charge is -2.11. The molecule has 0 heterocycles. The fourth-order valence-electron chi connectivity index (χ4n) is 2.01. The Morgan fingerprint density at radius 1 is 1.05 bits per heavy atom. The van der Waals surface area contributed by atoms with Crippen molar-refractivity contribution in [2.45, 2.75) is 6.92 Å². The molecule has 0 unspecified atom stereocenters. The SMILES string of the molecule is CCOc1cccc(NC(=O)c2ccc(OC)c(OC)c2)c1. The summed E-state index contributed by atoms with van der Waals surface area (Å²) >= 11 is 0. The first-order valence-electron chi connectivity index (χ1n) is 6.94. The first-order chi connectivity index (χ1) is 10.7. The maximum absolute atomic E-state index is 12.3. The van der Waals surface area contributed by atoms with Gasteiger partial charge in [-0.05, 0) is 37.3 Å². The van der Waals surface area contributed by atoms with Crippen molar-refractivity contribution in [3.63, 3.8) is 0 Å². The van der Waals surface area contributed by atoms with Crippen molar-refractivity contribution in [3.8, 4) is 17.2 Å². The van der Waals surface area contributed by atoms with E-state index in [0.29, 0.717) is 35.1 Å². The molecule has 1 N–H and O–H groups in total. The summed E-state index contributed by atoms with van der Waals surface area (Å²) in [6.45, 7) is 2.49. The van der Waals surface area contributed by atoms with E-state index in [1.165, 1.54) is 7.11 Å². The molecule has 0 aliphatic carbocycles. The van der Waals surface area contributed by atoms with Crippen LogP contribution in [0.25, 0.3) is 0 Å². The smallest absolute Gasteiger partial charge is 0.255 e. The largest absolute Gasteiger partial charge is 0.494 e. The Hall–Kier alpha value is -2.69. The summed E-state index contributed by atoms with van der Waals surface area (Å²) in [5.41, 5.74) is 1.16. The van der Waals surface area contributed by atoms with Gasteiger partial charge >= 0.3 is 0 Å².